The van der Waals surface area contributed by atoms with Crippen LogP contribution in [0.5, 0.6) is 0 Å². The van der Waals surface area contributed by atoms with Crippen molar-refractivity contribution in [3.05, 3.63) is 53.4 Å². The van der Waals surface area contributed by atoms with E-state index in [1.54, 1.807) is 31.4 Å². The van der Waals surface area contributed by atoms with Gasteiger partial charge in [0, 0.05) is 10.7 Å². The molecule has 0 bridgehead atoms. The maximum atomic E-state index is 11.9. The summed E-state index contributed by atoms with van der Waals surface area (Å²) in [6.45, 7) is 2.17. The van der Waals surface area contributed by atoms with Crippen molar-refractivity contribution < 1.29 is 9.21 Å². The Labute approximate surface area is 116 Å². The smallest absolute Gasteiger partial charge is 0.242 e. The summed E-state index contributed by atoms with van der Waals surface area (Å²) in [6.07, 6.45) is 1.58. The first-order chi connectivity index (χ1) is 9.15. The maximum Gasteiger partial charge on any atom is 0.242 e. The van der Waals surface area contributed by atoms with Crippen LogP contribution < -0.4 is 10.6 Å². The van der Waals surface area contributed by atoms with E-state index in [0.717, 1.165) is 11.4 Å². The van der Waals surface area contributed by atoms with Crippen molar-refractivity contribution in [2.24, 2.45) is 0 Å². The molecule has 1 aromatic heterocycles. The number of halogens is 1. The second kappa shape index (κ2) is 6.29. The zero-order chi connectivity index (χ0) is 13.7. The van der Waals surface area contributed by atoms with E-state index < -0.39 is 0 Å². The number of carbonyl (C=O) groups excluding carboxylic acids is 1. The third kappa shape index (κ3) is 4.03. The largest absolute Gasteiger partial charge is 0.467 e. The van der Waals surface area contributed by atoms with Gasteiger partial charge >= 0.3 is 0 Å². The lowest BCUT2D eigenvalue weighted by molar-refractivity contribution is -0.121. The molecule has 2 N–H and O–H groups in total. The quantitative estimate of drug-likeness (QED) is 0.884. The van der Waals surface area contributed by atoms with Gasteiger partial charge in [-0.25, -0.2) is 0 Å². The van der Waals surface area contributed by atoms with Crippen molar-refractivity contribution in [3.8, 4) is 0 Å². The third-order valence-corrected chi connectivity index (χ3v) is 2.85. The minimum Gasteiger partial charge on any atom is -0.467 e. The monoisotopic (exact) mass is 278 g/mol. The van der Waals surface area contributed by atoms with Crippen molar-refractivity contribution in [1.82, 2.24) is 5.32 Å². The standard InChI is InChI=1S/C14H15ClN2O2/c1-10(17-12-5-2-4-11(15)8-12)14(18)16-9-13-6-3-7-19-13/h2-8,10,17H,9H2,1H3,(H,16,18). The summed E-state index contributed by atoms with van der Waals surface area (Å²) < 4.78 is 5.15. The number of furan rings is 1. The van der Waals surface area contributed by atoms with Crippen LogP contribution in [0.3, 0.4) is 0 Å². The molecule has 0 aliphatic heterocycles. The van der Waals surface area contributed by atoms with Gasteiger partial charge in [0.2, 0.25) is 5.91 Å². The average molecular weight is 279 g/mol. The van der Waals surface area contributed by atoms with E-state index in [0.29, 0.717) is 11.6 Å². The Kier molecular flexibility index (Phi) is 4.47. The number of benzene rings is 1. The molecule has 100 valence electrons. The molecule has 5 heteroatoms. The van der Waals surface area contributed by atoms with E-state index in [4.69, 9.17) is 16.0 Å². The highest BCUT2D eigenvalue weighted by Gasteiger charge is 2.12. The van der Waals surface area contributed by atoms with Crippen LogP contribution >= 0.6 is 11.6 Å². The molecule has 1 heterocycles. The summed E-state index contributed by atoms with van der Waals surface area (Å²) in [5.41, 5.74) is 0.813. The summed E-state index contributed by atoms with van der Waals surface area (Å²) in [5.74, 6) is 0.625. The van der Waals surface area contributed by atoms with Crippen LogP contribution in [0.15, 0.2) is 47.1 Å². The summed E-state index contributed by atoms with van der Waals surface area (Å²) in [6, 6.07) is 10.5. The van der Waals surface area contributed by atoms with Crippen molar-refractivity contribution in [2.45, 2.75) is 19.5 Å². The summed E-state index contributed by atoms with van der Waals surface area (Å²) in [5, 5.41) is 6.51. The first-order valence-corrected chi connectivity index (χ1v) is 6.35. The van der Waals surface area contributed by atoms with E-state index in [1.165, 1.54) is 0 Å². The normalized spacial score (nSPS) is 11.9. The molecule has 0 aliphatic carbocycles. The van der Waals surface area contributed by atoms with Gasteiger partial charge in [-0.05, 0) is 37.3 Å². The first kappa shape index (κ1) is 13.5. The fraction of sp³-hybridized carbons (Fsp3) is 0.214. The topological polar surface area (TPSA) is 54.3 Å². The predicted molar refractivity (Wildman–Crippen MR) is 75.1 cm³/mol. The molecular weight excluding hydrogens is 264 g/mol. The predicted octanol–water partition coefficient (Wildman–Crippen LogP) is 3.05. The van der Waals surface area contributed by atoms with Crippen LogP contribution in [-0.4, -0.2) is 11.9 Å². The highest BCUT2D eigenvalue weighted by molar-refractivity contribution is 6.30. The van der Waals surface area contributed by atoms with Crippen LogP contribution in [0, 0.1) is 0 Å². The number of carbonyl (C=O) groups is 1. The van der Waals surface area contributed by atoms with Crippen LogP contribution in [0.4, 0.5) is 5.69 Å². The van der Waals surface area contributed by atoms with E-state index >= 15 is 0 Å². The highest BCUT2D eigenvalue weighted by atomic mass is 35.5. The van der Waals surface area contributed by atoms with Gasteiger partial charge in [0.1, 0.15) is 11.8 Å². The Balaban J connectivity index is 1.85. The number of hydrogen-bond donors (Lipinski definition) is 2. The van der Waals surface area contributed by atoms with E-state index in [2.05, 4.69) is 10.6 Å². The second-order valence-corrected chi connectivity index (χ2v) is 4.61. The fourth-order valence-corrected chi connectivity index (χ4v) is 1.82. The van der Waals surface area contributed by atoms with Gasteiger partial charge in [0.05, 0.1) is 12.8 Å². The number of nitrogens with one attached hydrogen (secondary N) is 2. The Morgan fingerprint density at radius 1 is 1.37 bits per heavy atom. The van der Waals surface area contributed by atoms with Gasteiger partial charge in [0.25, 0.3) is 0 Å². The molecule has 0 fully saturated rings. The Bertz CT molecular complexity index is 540. The molecule has 1 aromatic carbocycles. The fourth-order valence-electron chi connectivity index (χ4n) is 1.63. The minimum absolute atomic E-state index is 0.101. The number of hydrogen-bond acceptors (Lipinski definition) is 3. The molecule has 1 amide bonds. The van der Waals surface area contributed by atoms with E-state index in [-0.39, 0.29) is 11.9 Å². The van der Waals surface area contributed by atoms with Gasteiger partial charge < -0.3 is 15.1 Å². The molecule has 1 atom stereocenters. The molecule has 1 unspecified atom stereocenters. The van der Waals surface area contributed by atoms with E-state index in [1.807, 2.05) is 18.2 Å². The molecule has 0 aliphatic rings. The van der Waals surface area contributed by atoms with Crippen molar-refractivity contribution in [2.75, 3.05) is 5.32 Å². The third-order valence-electron chi connectivity index (χ3n) is 2.62. The number of anilines is 1. The molecule has 0 saturated heterocycles. The SMILES string of the molecule is CC(Nc1cccc(Cl)c1)C(=O)NCc1ccco1. The Morgan fingerprint density at radius 2 is 2.21 bits per heavy atom. The molecule has 0 radical (unpaired) electrons. The zero-order valence-corrected chi connectivity index (χ0v) is 11.3. The molecule has 2 rings (SSSR count). The van der Waals surface area contributed by atoms with Gasteiger partial charge in [-0.2, -0.15) is 0 Å². The van der Waals surface area contributed by atoms with Gasteiger partial charge in [0.15, 0.2) is 0 Å². The molecular formula is C14H15ClN2O2. The average Bonchev–Trinajstić information content (AvgIpc) is 2.89. The first-order valence-electron chi connectivity index (χ1n) is 5.97. The maximum absolute atomic E-state index is 11.9. The lowest BCUT2D eigenvalue weighted by Gasteiger charge is -2.15. The molecule has 0 spiro atoms. The zero-order valence-electron chi connectivity index (χ0n) is 10.5. The van der Waals surface area contributed by atoms with Crippen LogP contribution in [0.1, 0.15) is 12.7 Å². The van der Waals surface area contributed by atoms with Crippen LogP contribution in [0.2, 0.25) is 5.02 Å². The lowest BCUT2D eigenvalue weighted by atomic mass is 10.2. The minimum atomic E-state index is -0.353. The lowest BCUT2D eigenvalue weighted by Crippen LogP contribution is -2.37. The molecule has 0 saturated carbocycles. The van der Waals surface area contributed by atoms with Gasteiger partial charge in [-0.15, -0.1) is 0 Å². The summed E-state index contributed by atoms with van der Waals surface area (Å²) in [7, 11) is 0. The Hall–Kier alpha value is -1.94. The van der Waals surface area contributed by atoms with Gasteiger partial charge in [-0.3, -0.25) is 4.79 Å². The Morgan fingerprint density at radius 3 is 2.89 bits per heavy atom. The number of amides is 1. The highest BCUT2D eigenvalue weighted by Crippen LogP contribution is 2.15. The van der Waals surface area contributed by atoms with Crippen LogP contribution in [-0.2, 0) is 11.3 Å². The van der Waals surface area contributed by atoms with E-state index in [9.17, 15) is 4.79 Å². The van der Waals surface area contributed by atoms with Crippen molar-refractivity contribution in [1.29, 1.82) is 0 Å². The molecule has 19 heavy (non-hydrogen) atoms. The summed E-state index contributed by atoms with van der Waals surface area (Å²) in [4.78, 5) is 11.9. The van der Waals surface area contributed by atoms with Crippen molar-refractivity contribution >= 4 is 23.2 Å². The molecule has 2 aromatic rings. The van der Waals surface area contributed by atoms with Gasteiger partial charge in [-0.1, -0.05) is 17.7 Å². The number of rotatable bonds is 5. The van der Waals surface area contributed by atoms with Crippen molar-refractivity contribution in [3.63, 3.8) is 0 Å². The summed E-state index contributed by atoms with van der Waals surface area (Å²) >= 11 is 5.88. The second-order valence-electron chi connectivity index (χ2n) is 4.17. The van der Waals surface area contributed by atoms with Crippen LogP contribution in [0.25, 0.3) is 0 Å². The molecule has 4 nitrogen and oxygen atoms in total.